The van der Waals surface area contributed by atoms with Gasteiger partial charge in [0.1, 0.15) is 0 Å². The Labute approximate surface area is 380 Å². The molecule has 1 aliphatic rings. The molecular weight excluding hydrogens is 801 g/mol. The Balaban J connectivity index is 1.03. The van der Waals surface area contributed by atoms with Crippen LogP contribution in [-0.4, -0.2) is 19.5 Å². The SMILES string of the molecule is c1ccc(C2(c3ccc(-c4nc(-c5cc6ccccc6c6ccccc56)nc(-c5cc6ccccc6c6ccccc56)n4)cc3)c3ccccc3-n3c4ccccc4c4cccc2c43)cc1. The Hall–Kier alpha value is -8.73. The summed E-state index contributed by atoms with van der Waals surface area (Å²) in [5.74, 6) is 1.90. The molecule has 2 aromatic heterocycles. The number of para-hydroxylation sites is 3. The van der Waals surface area contributed by atoms with E-state index in [1.54, 1.807) is 0 Å². The summed E-state index contributed by atoms with van der Waals surface area (Å²) in [6, 6.07) is 83.5. The van der Waals surface area contributed by atoms with Crippen LogP contribution in [0.2, 0.25) is 0 Å². The molecule has 66 heavy (non-hydrogen) atoms. The van der Waals surface area contributed by atoms with E-state index < -0.39 is 5.41 Å². The number of rotatable bonds is 5. The third-order valence-corrected chi connectivity index (χ3v) is 14.1. The Bertz CT molecular complexity index is 3980. The van der Waals surface area contributed by atoms with Gasteiger partial charge in [0.15, 0.2) is 17.5 Å². The number of benzene rings is 11. The maximum Gasteiger partial charge on any atom is 0.164 e. The van der Waals surface area contributed by atoms with E-state index in [9.17, 15) is 0 Å². The summed E-state index contributed by atoms with van der Waals surface area (Å²) in [7, 11) is 0. The van der Waals surface area contributed by atoms with Crippen LogP contribution in [0.1, 0.15) is 22.3 Å². The number of hydrogen-bond acceptors (Lipinski definition) is 3. The van der Waals surface area contributed by atoms with Gasteiger partial charge in [-0.2, -0.15) is 0 Å². The van der Waals surface area contributed by atoms with E-state index in [0.717, 1.165) is 38.2 Å². The van der Waals surface area contributed by atoms with E-state index in [2.05, 4.69) is 235 Å². The lowest BCUT2D eigenvalue weighted by Crippen LogP contribution is -2.35. The highest BCUT2D eigenvalue weighted by Crippen LogP contribution is 2.54. The molecule has 1 unspecified atom stereocenters. The second-order valence-electron chi connectivity index (χ2n) is 17.5. The predicted molar refractivity (Wildman–Crippen MR) is 272 cm³/mol. The van der Waals surface area contributed by atoms with E-state index in [1.165, 1.54) is 71.3 Å². The largest absolute Gasteiger partial charge is 0.309 e. The Kier molecular flexibility index (Phi) is 7.87. The highest BCUT2D eigenvalue weighted by atomic mass is 15.0. The molecule has 0 fully saturated rings. The second-order valence-corrected chi connectivity index (χ2v) is 17.5. The average molecular weight is 839 g/mol. The third kappa shape index (κ3) is 5.18. The minimum atomic E-state index is -0.621. The van der Waals surface area contributed by atoms with Crippen LogP contribution in [0, 0.1) is 0 Å². The first-order valence-electron chi connectivity index (χ1n) is 22.6. The summed E-state index contributed by atoms with van der Waals surface area (Å²) in [5, 5.41) is 11.7. The molecule has 4 nitrogen and oxygen atoms in total. The lowest BCUT2D eigenvalue weighted by molar-refractivity contribution is 0.728. The topological polar surface area (TPSA) is 43.6 Å². The van der Waals surface area contributed by atoms with E-state index in [1.807, 2.05) is 0 Å². The van der Waals surface area contributed by atoms with Crippen LogP contribution in [0.4, 0.5) is 0 Å². The highest BCUT2D eigenvalue weighted by Gasteiger charge is 2.45. The standard InChI is InChI=1S/C62H38N4/c1-2-19-42(20-3-1)62(54-29-13-15-32-57(54)66-56-31-14-12-27-50(56)51-28-16-30-55(62)58(51)66)43-35-33-39(34-36-43)59-63-60(52-37-40-17-4-6-21-44(40)46-23-8-10-25-48(46)52)65-61(64-59)53-38-41-18-5-7-22-45(41)47-24-9-11-26-49(47)53/h1-38H. The van der Waals surface area contributed by atoms with Crippen LogP contribution in [0.3, 0.4) is 0 Å². The van der Waals surface area contributed by atoms with Gasteiger partial charge in [0.2, 0.25) is 0 Å². The molecule has 14 rings (SSSR count). The lowest BCUT2D eigenvalue weighted by atomic mass is 9.63. The van der Waals surface area contributed by atoms with E-state index in [0.29, 0.717) is 17.5 Å². The van der Waals surface area contributed by atoms with Crippen molar-refractivity contribution in [1.29, 1.82) is 0 Å². The number of nitrogens with zero attached hydrogens (tertiary/aromatic N) is 4. The molecule has 13 aromatic rings. The van der Waals surface area contributed by atoms with E-state index in [4.69, 9.17) is 15.0 Å². The van der Waals surface area contributed by atoms with Crippen molar-refractivity contribution in [2.75, 3.05) is 0 Å². The van der Waals surface area contributed by atoms with Gasteiger partial charge in [-0.05, 0) is 89.6 Å². The number of aromatic nitrogens is 4. The van der Waals surface area contributed by atoms with Crippen LogP contribution in [0.5, 0.6) is 0 Å². The molecule has 3 heterocycles. The van der Waals surface area contributed by atoms with Crippen LogP contribution >= 0.6 is 0 Å². The maximum absolute atomic E-state index is 5.42. The summed E-state index contributed by atoms with van der Waals surface area (Å²) in [5.41, 5.74) is 10.8. The zero-order chi connectivity index (χ0) is 43.3. The Morgan fingerprint density at radius 1 is 0.318 bits per heavy atom. The quantitative estimate of drug-likeness (QED) is 0.162. The lowest BCUT2D eigenvalue weighted by Gasteiger charge is -2.41. The fourth-order valence-corrected chi connectivity index (χ4v) is 11.3. The number of hydrogen-bond donors (Lipinski definition) is 0. The first kappa shape index (κ1) is 36.7. The normalized spacial score (nSPS) is 14.4. The monoisotopic (exact) mass is 838 g/mol. The van der Waals surface area contributed by atoms with Gasteiger partial charge in [0, 0.05) is 27.5 Å². The molecule has 4 heteroatoms. The van der Waals surface area contributed by atoms with Crippen molar-refractivity contribution in [3.05, 3.63) is 253 Å². The zero-order valence-corrected chi connectivity index (χ0v) is 35.7. The molecular formula is C62H38N4. The smallest absolute Gasteiger partial charge is 0.164 e. The molecule has 0 bridgehead atoms. The Morgan fingerprint density at radius 2 is 0.788 bits per heavy atom. The highest BCUT2D eigenvalue weighted by molar-refractivity contribution is 6.15. The van der Waals surface area contributed by atoms with E-state index >= 15 is 0 Å². The predicted octanol–water partition coefficient (Wildman–Crippen LogP) is 15.3. The second kappa shape index (κ2) is 14.1. The fraction of sp³-hybridized carbons (Fsp3) is 0.0161. The van der Waals surface area contributed by atoms with Crippen molar-refractivity contribution in [2.45, 2.75) is 5.41 Å². The summed E-state index contributed by atoms with van der Waals surface area (Å²) >= 11 is 0. The van der Waals surface area contributed by atoms with Crippen LogP contribution in [-0.2, 0) is 5.41 Å². The molecule has 11 aromatic carbocycles. The molecule has 306 valence electrons. The van der Waals surface area contributed by atoms with Crippen molar-refractivity contribution in [3.63, 3.8) is 0 Å². The fourth-order valence-electron chi connectivity index (χ4n) is 11.3. The molecule has 0 N–H and O–H groups in total. The maximum atomic E-state index is 5.42. The van der Waals surface area contributed by atoms with Crippen molar-refractivity contribution in [2.24, 2.45) is 0 Å². The first-order chi connectivity index (χ1) is 32.7. The minimum absolute atomic E-state index is 0.621. The van der Waals surface area contributed by atoms with Crippen molar-refractivity contribution in [3.8, 4) is 39.9 Å². The van der Waals surface area contributed by atoms with Gasteiger partial charge in [-0.1, -0.05) is 206 Å². The third-order valence-electron chi connectivity index (χ3n) is 14.1. The van der Waals surface area contributed by atoms with Crippen LogP contribution in [0.25, 0.3) is 105 Å². The van der Waals surface area contributed by atoms with Crippen LogP contribution < -0.4 is 0 Å². The van der Waals surface area contributed by atoms with Crippen molar-refractivity contribution in [1.82, 2.24) is 19.5 Å². The minimum Gasteiger partial charge on any atom is -0.309 e. The van der Waals surface area contributed by atoms with Gasteiger partial charge in [0.25, 0.3) is 0 Å². The van der Waals surface area contributed by atoms with E-state index in [-0.39, 0.29) is 0 Å². The van der Waals surface area contributed by atoms with Gasteiger partial charge in [0.05, 0.1) is 22.1 Å². The molecule has 0 saturated carbocycles. The molecule has 0 aliphatic carbocycles. The average Bonchev–Trinajstić information content (AvgIpc) is 3.74. The molecule has 0 saturated heterocycles. The van der Waals surface area contributed by atoms with Gasteiger partial charge in [-0.25, -0.2) is 15.0 Å². The van der Waals surface area contributed by atoms with Gasteiger partial charge in [-0.15, -0.1) is 0 Å². The molecule has 1 aliphatic heterocycles. The van der Waals surface area contributed by atoms with Crippen molar-refractivity contribution >= 4 is 64.9 Å². The molecule has 0 amide bonds. The summed E-state index contributed by atoms with van der Waals surface area (Å²) in [4.78, 5) is 16.2. The van der Waals surface area contributed by atoms with Gasteiger partial charge >= 0.3 is 0 Å². The summed E-state index contributed by atoms with van der Waals surface area (Å²) in [6.07, 6.45) is 0. The van der Waals surface area contributed by atoms with Gasteiger partial charge < -0.3 is 4.57 Å². The zero-order valence-electron chi connectivity index (χ0n) is 35.7. The molecule has 1 atom stereocenters. The number of fused-ring (bicyclic) bond motifs is 11. The van der Waals surface area contributed by atoms with Crippen molar-refractivity contribution < 1.29 is 0 Å². The van der Waals surface area contributed by atoms with Crippen LogP contribution in [0.15, 0.2) is 231 Å². The molecule has 0 radical (unpaired) electrons. The molecule has 0 spiro atoms. The summed E-state index contributed by atoms with van der Waals surface area (Å²) < 4.78 is 2.48. The Morgan fingerprint density at radius 3 is 1.44 bits per heavy atom. The van der Waals surface area contributed by atoms with Gasteiger partial charge in [-0.3, -0.25) is 0 Å². The summed E-state index contributed by atoms with van der Waals surface area (Å²) in [6.45, 7) is 0. The first-order valence-corrected chi connectivity index (χ1v) is 22.6.